The quantitative estimate of drug-likeness (QED) is 0.746. The number of aromatic nitrogens is 1. The number of rotatable bonds is 2. The number of carboxylic acid groups (broad SMARTS) is 1. The van der Waals surface area contributed by atoms with E-state index in [1.807, 2.05) is 13.0 Å². The van der Waals surface area contributed by atoms with Crippen molar-refractivity contribution in [3.63, 3.8) is 0 Å². The third-order valence-corrected chi connectivity index (χ3v) is 3.81. The van der Waals surface area contributed by atoms with Crippen molar-refractivity contribution in [2.24, 2.45) is 5.41 Å². The molecule has 0 unspecified atom stereocenters. The number of nitrogens with one attached hydrogen (secondary N) is 1. The van der Waals surface area contributed by atoms with Gasteiger partial charge in [-0.25, -0.2) is 4.79 Å². The summed E-state index contributed by atoms with van der Waals surface area (Å²) in [5.41, 5.74) is 3.49. The van der Waals surface area contributed by atoms with Gasteiger partial charge in [0.05, 0.1) is 12.3 Å². The third kappa shape index (κ3) is 4.11. The van der Waals surface area contributed by atoms with E-state index in [1.165, 1.54) is 5.69 Å². The van der Waals surface area contributed by atoms with Crippen LogP contribution in [-0.4, -0.2) is 53.5 Å². The summed E-state index contributed by atoms with van der Waals surface area (Å²) < 4.78 is 31.7. The summed E-state index contributed by atoms with van der Waals surface area (Å²) in [4.78, 5) is 15.5. The maximum Gasteiger partial charge on any atom is 0.490 e. The summed E-state index contributed by atoms with van der Waals surface area (Å²) >= 11 is 0. The molecule has 1 spiro atoms. The predicted octanol–water partition coefficient (Wildman–Crippen LogP) is 0.925. The first-order valence-electron chi connectivity index (χ1n) is 6.99. The fourth-order valence-corrected chi connectivity index (χ4v) is 2.63. The van der Waals surface area contributed by atoms with Gasteiger partial charge in [0.15, 0.2) is 0 Å². The molecule has 9 heteroatoms. The lowest BCUT2D eigenvalue weighted by Crippen LogP contribution is -2.71. The van der Waals surface area contributed by atoms with Crippen LogP contribution in [-0.2, 0) is 11.4 Å². The summed E-state index contributed by atoms with van der Waals surface area (Å²) in [6.45, 7) is 6.57. The SMILES string of the molecule is Cc1cc(N2CC3(CNC3)C2)cc(CO)n1.O=C(O)C(F)(F)F. The van der Waals surface area contributed by atoms with Gasteiger partial charge < -0.3 is 20.4 Å². The van der Waals surface area contributed by atoms with E-state index in [0.29, 0.717) is 5.41 Å². The summed E-state index contributed by atoms with van der Waals surface area (Å²) in [5, 5.41) is 19.6. The maximum atomic E-state index is 10.6. The highest BCUT2D eigenvalue weighted by molar-refractivity contribution is 5.73. The minimum absolute atomic E-state index is 0.0230. The Morgan fingerprint density at radius 1 is 1.39 bits per heavy atom. The third-order valence-electron chi connectivity index (χ3n) is 3.81. The number of hydrogen-bond donors (Lipinski definition) is 3. The molecule has 3 rings (SSSR count). The Labute approximate surface area is 130 Å². The van der Waals surface area contributed by atoms with Gasteiger partial charge in [0, 0.05) is 43.0 Å². The van der Waals surface area contributed by atoms with Crippen molar-refractivity contribution >= 4 is 11.7 Å². The Balaban J connectivity index is 0.000000236. The largest absolute Gasteiger partial charge is 0.490 e. The molecule has 0 aliphatic carbocycles. The van der Waals surface area contributed by atoms with Crippen LogP contribution in [0.25, 0.3) is 0 Å². The normalized spacial score (nSPS) is 18.6. The van der Waals surface area contributed by atoms with Gasteiger partial charge >= 0.3 is 12.1 Å². The van der Waals surface area contributed by atoms with Crippen LogP contribution in [0.15, 0.2) is 12.1 Å². The Kier molecular flexibility index (Phi) is 4.81. The highest BCUT2D eigenvalue weighted by atomic mass is 19.4. The number of hydrogen-bond acceptors (Lipinski definition) is 5. The minimum Gasteiger partial charge on any atom is -0.475 e. The van der Waals surface area contributed by atoms with Gasteiger partial charge in [0.2, 0.25) is 0 Å². The van der Waals surface area contributed by atoms with E-state index >= 15 is 0 Å². The molecular weight excluding hydrogens is 315 g/mol. The van der Waals surface area contributed by atoms with Gasteiger partial charge in [-0.2, -0.15) is 13.2 Å². The first-order chi connectivity index (χ1) is 10.6. The Morgan fingerprint density at radius 3 is 2.35 bits per heavy atom. The van der Waals surface area contributed by atoms with Crippen LogP contribution < -0.4 is 10.2 Å². The maximum absolute atomic E-state index is 10.6. The second-order valence-electron chi connectivity index (χ2n) is 5.88. The molecule has 128 valence electrons. The second kappa shape index (κ2) is 6.32. The van der Waals surface area contributed by atoms with Crippen molar-refractivity contribution in [2.45, 2.75) is 19.7 Å². The number of aliphatic hydroxyl groups excluding tert-OH is 1. The molecule has 0 aromatic carbocycles. The molecule has 1 aromatic rings. The molecule has 2 saturated heterocycles. The average molecular weight is 333 g/mol. The molecular formula is C14H18F3N3O3. The molecule has 0 atom stereocenters. The first kappa shape index (κ1) is 17.5. The molecule has 0 radical (unpaired) electrons. The van der Waals surface area contributed by atoms with Gasteiger partial charge in [0.1, 0.15) is 0 Å². The predicted molar refractivity (Wildman–Crippen MR) is 76.1 cm³/mol. The molecule has 1 aromatic heterocycles. The van der Waals surface area contributed by atoms with E-state index in [2.05, 4.69) is 21.3 Å². The van der Waals surface area contributed by atoms with Gasteiger partial charge in [-0.15, -0.1) is 0 Å². The van der Waals surface area contributed by atoms with Crippen molar-refractivity contribution in [3.05, 3.63) is 23.5 Å². The zero-order valence-corrected chi connectivity index (χ0v) is 12.5. The molecule has 0 amide bonds. The summed E-state index contributed by atoms with van der Waals surface area (Å²) in [6, 6.07) is 4.09. The van der Waals surface area contributed by atoms with Crippen molar-refractivity contribution in [2.75, 3.05) is 31.1 Å². The first-order valence-corrected chi connectivity index (χ1v) is 6.99. The van der Waals surface area contributed by atoms with E-state index in [9.17, 15) is 13.2 Å². The Hall–Kier alpha value is -1.87. The van der Waals surface area contributed by atoms with Gasteiger partial charge in [0.25, 0.3) is 0 Å². The number of alkyl halides is 3. The van der Waals surface area contributed by atoms with Gasteiger partial charge in [-0.05, 0) is 19.1 Å². The fourth-order valence-electron chi connectivity index (χ4n) is 2.63. The number of carbonyl (C=O) groups is 1. The number of halogens is 3. The minimum atomic E-state index is -5.08. The van der Waals surface area contributed by atoms with Crippen molar-refractivity contribution in [1.82, 2.24) is 10.3 Å². The number of aliphatic carboxylic acids is 1. The van der Waals surface area contributed by atoms with E-state index in [4.69, 9.17) is 15.0 Å². The van der Waals surface area contributed by atoms with Gasteiger partial charge in [-0.1, -0.05) is 0 Å². The fraction of sp³-hybridized carbons (Fsp3) is 0.571. The van der Waals surface area contributed by atoms with Crippen LogP contribution in [0.5, 0.6) is 0 Å². The van der Waals surface area contributed by atoms with Crippen molar-refractivity contribution in [3.8, 4) is 0 Å². The summed E-state index contributed by atoms with van der Waals surface area (Å²) in [5.74, 6) is -2.76. The lowest BCUT2D eigenvalue weighted by molar-refractivity contribution is -0.192. The van der Waals surface area contributed by atoms with Crippen LogP contribution in [0.3, 0.4) is 0 Å². The Morgan fingerprint density at radius 2 is 1.96 bits per heavy atom. The van der Waals surface area contributed by atoms with Gasteiger partial charge in [-0.3, -0.25) is 4.98 Å². The molecule has 3 N–H and O–H groups in total. The molecule has 0 saturated carbocycles. The number of aliphatic hydroxyl groups is 1. The summed E-state index contributed by atoms with van der Waals surface area (Å²) in [6.07, 6.45) is -5.08. The topological polar surface area (TPSA) is 85.7 Å². The number of pyridine rings is 1. The number of carboxylic acids is 1. The smallest absolute Gasteiger partial charge is 0.475 e. The highest BCUT2D eigenvalue weighted by Crippen LogP contribution is 2.37. The van der Waals surface area contributed by atoms with Crippen LogP contribution in [0, 0.1) is 12.3 Å². The van der Waals surface area contributed by atoms with E-state index in [0.717, 1.165) is 37.6 Å². The molecule has 2 aliphatic rings. The standard InChI is InChI=1S/C12H17N3O.C2HF3O2/c1-9-2-11(3-10(4-16)14-9)15-7-12(8-15)5-13-6-12;3-2(4,5)1(6)7/h2-3,13,16H,4-8H2,1H3;(H,6,7). The van der Waals surface area contributed by atoms with Crippen molar-refractivity contribution < 1.29 is 28.2 Å². The number of nitrogens with zero attached hydrogens (tertiary/aromatic N) is 2. The van der Waals surface area contributed by atoms with Crippen LogP contribution in [0.1, 0.15) is 11.4 Å². The van der Waals surface area contributed by atoms with E-state index in [1.54, 1.807) is 0 Å². The molecule has 23 heavy (non-hydrogen) atoms. The van der Waals surface area contributed by atoms with E-state index < -0.39 is 12.1 Å². The van der Waals surface area contributed by atoms with Crippen LogP contribution in [0.4, 0.5) is 18.9 Å². The monoisotopic (exact) mass is 333 g/mol. The molecule has 6 nitrogen and oxygen atoms in total. The zero-order chi connectivity index (χ0) is 17.3. The lowest BCUT2D eigenvalue weighted by atomic mass is 9.74. The van der Waals surface area contributed by atoms with Crippen LogP contribution >= 0.6 is 0 Å². The summed E-state index contributed by atoms with van der Waals surface area (Å²) in [7, 11) is 0. The van der Waals surface area contributed by atoms with Crippen LogP contribution in [0.2, 0.25) is 0 Å². The molecule has 2 fully saturated rings. The molecule has 3 heterocycles. The molecule has 0 bridgehead atoms. The molecule has 2 aliphatic heterocycles. The zero-order valence-electron chi connectivity index (χ0n) is 12.5. The lowest BCUT2D eigenvalue weighted by Gasteiger charge is -2.57. The number of aryl methyl sites for hydroxylation is 1. The Bertz CT molecular complexity index is 580. The second-order valence-corrected chi connectivity index (χ2v) is 5.88. The van der Waals surface area contributed by atoms with Crippen molar-refractivity contribution in [1.29, 1.82) is 0 Å². The average Bonchev–Trinajstić information content (AvgIpc) is 2.34. The highest BCUT2D eigenvalue weighted by Gasteiger charge is 2.47. The van der Waals surface area contributed by atoms with E-state index in [-0.39, 0.29) is 6.61 Å². The number of anilines is 1.